The predicted octanol–water partition coefficient (Wildman–Crippen LogP) is 2.65. The molecule has 2 aromatic rings. The third-order valence-electron chi connectivity index (χ3n) is 4.66. The van der Waals surface area contributed by atoms with Crippen LogP contribution in [0.3, 0.4) is 0 Å². The number of benzene rings is 1. The van der Waals surface area contributed by atoms with Crippen LogP contribution in [0.2, 0.25) is 0 Å². The Balaban J connectivity index is 1.80. The number of nitrogens with two attached hydrogens (primary N) is 1. The first-order chi connectivity index (χ1) is 13.4. The molecule has 0 spiro atoms. The predicted molar refractivity (Wildman–Crippen MR) is 111 cm³/mol. The molecule has 1 atom stereocenters. The van der Waals surface area contributed by atoms with Gasteiger partial charge in [0.15, 0.2) is 0 Å². The van der Waals surface area contributed by atoms with Crippen LogP contribution in [0.25, 0.3) is 0 Å². The lowest BCUT2D eigenvalue weighted by Gasteiger charge is -2.23. The molecule has 1 fully saturated rings. The number of anilines is 2. The Morgan fingerprint density at radius 3 is 2.57 bits per heavy atom. The molecule has 4 N–H and O–H groups in total. The van der Waals surface area contributed by atoms with Crippen LogP contribution in [0.1, 0.15) is 47.5 Å². The molecule has 1 saturated heterocycles. The van der Waals surface area contributed by atoms with Crippen LogP contribution in [0.5, 0.6) is 0 Å². The summed E-state index contributed by atoms with van der Waals surface area (Å²) in [4.78, 5) is 39.0. The summed E-state index contributed by atoms with van der Waals surface area (Å²) >= 11 is 1.49. The maximum absolute atomic E-state index is 12.8. The van der Waals surface area contributed by atoms with Gasteiger partial charge in [-0.05, 0) is 42.5 Å². The second-order valence-electron chi connectivity index (χ2n) is 6.81. The summed E-state index contributed by atoms with van der Waals surface area (Å²) in [6.45, 7) is 3.24. The highest BCUT2D eigenvalue weighted by Crippen LogP contribution is 2.31. The van der Waals surface area contributed by atoms with Gasteiger partial charge in [0.1, 0.15) is 0 Å². The first-order valence-corrected chi connectivity index (χ1v) is 10.1. The van der Waals surface area contributed by atoms with Gasteiger partial charge in [-0.15, -0.1) is 11.3 Å². The van der Waals surface area contributed by atoms with Gasteiger partial charge in [0.2, 0.25) is 17.7 Å². The number of nitrogens with one attached hydrogen (secondary N) is 2. The molecule has 1 aliphatic heterocycles. The van der Waals surface area contributed by atoms with Gasteiger partial charge in [0, 0.05) is 30.5 Å². The fraction of sp³-hybridized carbons (Fsp3) is 0.350. The van der Waals surface area contributed by atoms with E-state index in [1.807, 2.05) is 23.6 Å². The number of nitrogens with zero attached hydrogens (tertiary/aromatic N) is 1. The zero-order chi connectivity index (χ0) is 20.1. The molecule has 0 aliphatic carbocycles. The average molecular weight is 401 g/mol. The maximum Gasteiger partial charge on any atom is 0.248 e. The minimum atomic E-state index is -0.543. The lowest BCUT2D eigenvalue weighted by Crippen LogP contribution is -2.29. The highest BCUT2D eigenvalue weighted by atomic mass is 32.1. The van der Waals surface area contributed by atoms with Gasteiger partial charge in [0.25, 0.3) is 0 Å². The molecule has 8 heteroatoms. The Hall–Kier alpha value is -2.87. The lowest BCUT2D eigenvalue weighted by molar-refractivity contribution is -0.120. The maximum atomic E-state index is 12.8. The molecule has 148 valence electrons. The molecule has 3 rings (SSSR count). The van der Waals surface area contributed by atoms with Gasteiger partial charge in [-0.25, -0.2) is 0 Å². The van der Waals surface area contributed by atoms with Crippen LogP contribution in [-0.2, 0) is 9.59 Å². The van der Waals surface area contributed by atoms with Crippen molar-refractivity contribution in [2.45, 2.75) is 32.2 Å². The van der Waals surface area contributed by atoms with E-state index in [9.17, 15) is 14.4 Å². The van der Waals surface area contributed by atoms with Crippen molar-refractivity contribution in [3.8, 4) is 0 Å². The number of thiophene rings is 1. The molecule has 0 unspecified atom stereocenters. The van der Waals surface area contributed by atoms with E-state index in [4.69, 9.17) is 5.73 Å². The molecule has 1 aromatic heterocycles. The summed E-state index contributed by atoms with van der Waals surface area (Å²) in [5.74, 6) is -0.980. The number of amides is 3. The molecule has 1 aromatic carbocycles. The van der Waals surface area contributed by atoms with Crippen molar-refractivity contribution in [1.82, 2.24) is 5.32 Å². The van der Waals surface area contributed by atoms with Crippen LogP contribution in [0.15, 0.2) is 35.7 Å². The van der Waals surface area contributed by atoms with Crippen molar-refractivity contribution >= 4 is 40.4 Å². The van der Waals surface area contributed by atoms with Gasteiger partial charge in [-0.3, -0.25) is 14.4 Å². The number of hydrogen-bond acceptors (Lipinski definition) is 5. The smallest absolute Gasteiger partial charge is 0.248 e. The number of carbonyl (C=O) groups is 3. The van der Waals surface area contributed by atoms with E-state index < -0.39 is 11.9 Å². The Morgan fingerprint density at radius 1 is 1.21 bits per heavy atom. The Labute approximate surface area is 167 Å². The fourth-order valence-electron chi connectivity index (χ4n) is 3.37. The lowest BCUT2D eigenvalue weighted by atomic mass is 10.1. The van der Waals surface area contributed by atoms with Gasteiger partial charge >= 0.3 is 0 Å². The minimum absolute atomic E-state index is 0.0976. The Bertz CT molecular complexity index is 860. The number of rotatable bonds is 7. The second kappa shape index (κ2) is 8.88. The minimum Gasteiger partial charge on any atom is -0.370 e. The standard InChI is InChI=1S/C20H24N4O3S/c1-13(25)22-16(18-5-4-10-28-18)12-19(26)23-15-11-14(20(21)27)6-7-17(15)24-8-2-3-9-24/h4-7,10-11,16H,2-3,8-9,12H2,1H3,(H2,21,27)(H,22,25)(H,23,26)/t16-/m0/s1. The van der Waals surface area contributed by atoms with E-state index in [1.54, 1.807) is 12.1 Å². The van der Waals surface area contributed by atoms with Gasteiger partial charge in [-0.2, -0.15) is 0 Å². The zero-order valence-corrected chi connectivity index (χ0v) is 16.6. The molecule has 0 bridgehead atoms. The van der Waals surface area contributed by atoms with E-state index in [-0.39, 0.29) is 18.2 Å². The molecule has 28 heavy (non-hydrogen) atoms. The Kier molecular flexibility index (Phi) is 6.30. The normalized spacial score (nSPS) is 14.5. The van der Waals surface area contributed by atoms with Crippen LogP contribution < -0.4 is 21.3 Å². The van der Waals surface area contributed by atoms with Crippen LogP contribution in [0, 0.1) is 0 Å². The van der Waals surface area contributed by atoms with Crippen molar-refractivity contribution in [3.63, 3.8) is 0 Å². The summed E-state index contributed by atoms with van der Waals surface area (Å²) in [6, 6.07) is 8.50. The Morgan fingerprint density at radius 2 is 1.96 bits per heavy atom. The average Bonchev–Trinajstić information content (AvgIpc) is 3.34. The van der Waals surface area contributed by atoms with Crippen molar-refractivity contribution in [1.29, 1.82) is 0 Å². The number of carbonyl (C=O) groups excluding carboxylic acids is 3. The fourth-order valence-corrected chi connectivity index (χ4v) is 4.15. The molecular weight excluding hydrogens is 376 g/mol. The summed E-state index contributed by atoms with van der Waals surface area (Å²) < 4.78 is 0. The summed E-state index contributed by atoms with van der Waals surface area (Å²) in [5, 5.41) is 7.64. The van der Waals surface area contributed by atoms with Crippen LogP contribution >= 0.6 is 11.3 Å². The monoisotopic (exact) mass is 400 g/mol. The van der Waals surface area contributed by atoms with E-state index in [0.29, 0.717) is 11.3 Å². The third kappa shape index (κ3) is 4.89. The molecular formula is C20H24N4O3S. The van der Waals surface area contributed by atoms with Crippen molar-refractivity contribution in [2.24, 2.45) is 5.73 Å². The molecule has 3 amide bonds. The van der Waals surface area contributed by atoms with Gasteiger partial charge in [-0.1, -0.05) is 6.07 Å². The van der Waals surface area contributed by atoms with E-state index in [0.717, 1.165) is 36.5 Å². The first-order valence-electron chi connectivity index (χ1n) is 9.23. The number of hydrogen-bond donors (Lipinski definition) is 3. The molecule has 2 heterocycles. The van der Waals surface area contributed by atoms with Crippen molar-refractivity contribution in [3.05, 3.63) is 46.2 Å². The van der Waals surface area contributed by atoms with Crippen LogP contribution in [-0.4, -0.2) is 30.8 Å². The van der Waals surface area contributed by atoms with Crippen molar-refractivity contribution < 1.29 is 14.4 Å². The third-order valence-corrected chi connectivity index (χ3v) is 5.64. The van der Waals surface area contributed by atoms with Crippen LogP contribution in [0.4, 0.5) is 11.4 Å². The second-order valence-corrected chi connectivity index (χ2v) is 7.79. The highest BCUT2D eigenvalue weighted by Gasteiger charge is 2.21. The van der Waals surface area contributed by atoms with Gasteiger partial charge < -0.3 is 21.3 Å². The molecule has 0 saturated carbocycles. The quantitative estimate of drug-likeness (QED) is 0.664. The summed E-state index contributed by atoms with van der Waals surface area (Å²) in [5.41, 5.74) is 7.19. The van der Waals surface area contributed by atoms with E-state index in [1.165, 1.54) is 18.3 Å². The molecule has 0 radical (unpaired) electrons. The molecule has 1 aliphatic rings. The van der Waals surface area contributed by atoms with Gasteiger partial charge in [0.05, 0.1) is 23.8 Å². The highest BCUT2D eigenvalue weighted by molar-refractivity contribution is 7.10. The van der Waals surface area contributed by atoms with Crippen molar-refractivity contribution in [2.75, 3.05) is 23.3 Å². The topological polar surface area (TPSA) is 105 Å². The van der Waals surface area contributed by atoms with E-state index in [2.05, 4.69) is 15.5 Å². The SMILES string of the molecule is CC(=O)N[C@@H](CC(=O)Nc1cc(C(N)=O)ccc1N1CCCC1)c1cccs1. The molecule has 7 nitrogen and oxygen atoms in total. The first kappa shape index (κ1) is 19.9. The zero-order valence-electron chi connectivity index (χ0n) is 15.7. The number of primary amides is 1. The van der Waals surface area contributed by atoms with E-state index >= 15 is 0 Å². The largest absolute Gasteiger partial charge is 0.370 e. The summed E-state index contributed by atoms with van der Waals surface area (Å²) in [6.07, 6.45) is 2.28. The summed E-state index contributed by atoms with van der Waals surface area (Å²) in [7, 11) is 0.